The van der Waals surface area contributed by atoms with Gasteiger partial charge in [0.15, 0.2) is 0 Å². The van der Waals surface area contributed by atoms with E-state index in [1.165, 1.54) is 96.3 Å². The normalized spacial score (nSPS) is 12.0. The molecule has 1 heteroatoms. The topological polar surface area (TPSA) is 9.23 Å². The highest BCUT2D eigenvalue weighted by molar-refractivity contribution is 4.61. The Labute approximate surface area is 148 Å². The fourth-order valence-electron chi connectivity index (χ4n) is 3.13. The van der Waals surface area contributed by atoms with Gasteiger partial charge in [0.1, 0.15) is 0 Å². The highest BCUT2D eigenvalue weighted by Crippen LogP contribution is 2.22. The van der Waals surface area contributed by atoms with E-state index in [4.69, 9.17) is 4.74 Å². The van der Waals surface area contributed by atoms with Gasteiger partial charge in [0.25, 0.3) is 0 Å². The first-order chi connectivity index (χ1) is 11.1. The molecule has 140 valence electrons. The molecule has 0 atom stereocenters. The molecule has 0 spiro atoms. The van der Waals surface area contributed by atoms with Crippen LogP contribution in [0.5, 0.6) is 0 Å². The molecule has 0 saturated heterocycles. The van der Waals surface area contributed by atoms with E-state index < -0.39 is 0 Å². The molecule has 0 saturated carbocycles. The summed E-state index contributed by atoms with van der Waals surface area (Å²) in [5.74, 6) is 0. The quantitative estimate of drug-likeness (QED) is 0.247. The molecule has 23 heavy (non-hydrogen) atoms. The number of rotatable bonds is 17. The standard InChI is InChI=1S/C22H46O/c1-5-23-21-19-17-15-13-11-9-7-6-8-10-12-14-16-18-20-22(2,3)4/h5-21H2,1-4H3. The zero-order valence-corrected chi connectivity index (χ0v) is 16.9. The summed E-state index contributed by atoms with van der Waals surface area (Å²) in [4.78, 5) is 0. The average molecular weight is 327 g/mol. The fraction of sp³-hybridized carbons (Fsp3) is 1.00. The summed E-state index contributed by atoms with van der Waals surface area (Å²) < 4.78 is 5.36. The maximum Gasteiger partial charge on any atom is 0.0465 e. The number of unbranched alkanes of at least 4 members (excludes halogenated alkanes) is 13. The molecule has 0 heterocycles. The van der Waals surface area contributed by atoms with E-state index in [1.807, 2.05) is 0 Å². The van der Waals surface area contributed by atoms with Gasteiger partial charge in [-0.1, -0.05) is 104 Å². The van der Waals surface area contributed by atoms with Gasteiger partial charge < -0.3 is 4.74 Å². The Morgan fingerprint density at radius 1 is 0.522 bits per heavy atom. The predicted molar refractivity (Wildman–Crippen MR) is 105 cm³/mol. The number of hydrogen-bond acceptors (Lipinski definition) is 1. The average Bonchev–Trinajstić information content (AvgIpc) is 2.49. The van der Waals surface area contributed by atoms with Gasteiger partial charge in [0.2, 0.25) is 0 Å². The van der Waals surface area contributed by atoms with Crippen LogP contribution in [-0.2, 0) is 4.74 Å². The van der Waals surface area contributed by atoms with Gasteiger partial charge in [0.05, 0.1) is 0 Å². The molecule has 0 aromatic carbocycles. The van der Waals surface area contributed by atoms with Crippen molar-refractivity contribution in [2.45, 2.75) is 124 Å². The smallest absolute Gasteiger partial charge is 0.0465 e. The second kappa shape index (κ2) is 16.8. The van der Waals surface area contributed by atoms with Crippen LogP contribution in [0.25, 0.3) is 0 Å². The van der Waals surface area contributed by atoms with Crippen LogP contribution in [0.2, 0.25) is 0 Å². The molecule has 0 bridgehead atoms. The van der Waals surface area contributed by atoms with Crippen molar-refractivity contribution >= 4 is 0 Å². The molecule has 0 fully saturated rings. The molecule has 0 amide bonds. The molecule has 0 rings (SSSR count). The Kier molecular flexibility index (Phi) is 16.8. The molecule has 0 aliphatic rings. The molecule has 0 radical (unpaired) electrons. The van der Waals surface area contributed by atoms with Gasteiger partial charge in [-0.15, -0.1) is 0 Å². The van der Waals surface area contributed by atoms with E-state index >= 15 is 0 Å². The molecule has 0 aromatic heterocycles. The minimum atomic E-state index is 0.531. The molecule has 0 aliphatic heterocycles. The van der Waals surface area contributed by atoms with Crippen molar-refractivity contribution in [2.75, 3.05) is 13.2 Å². The van der Waals surface area contributed by atoms with E-state index in [9.17, 15) is 0 Å². The van der Waals surface area contributed by atoms with Gasteiger partial charge >= 0.3 is 0 Å². The third kappa shape index (κ3) is 22.0. The Morgan fingerprint density at radius 3 is 1.22 bits per heavy atom. The highest BCUT2D eigenvalue weighted by atomic mass is 16.5. The van der Waals surface area contributed by atoms with Crippen LogP contribution < -0.4 is 0 Å². The lowest BCUT2D eigenvalue weighted by Crippen LogP contribution is -2.03. The highest BCUT2D eigenvalue weighted by Gasteiger charge is 2.08. The third-order valence-electron chi connectivity index (χ3n) is 4.67. The summed E-state index contributed by atoms with van der Waals surface area (Å²) in [6.07, 6.45) is 21.4. The van der Waals surface area contributed by atoms with Crippen LogP contribution in [0.4, 0.5) is 0 Å². The zero-order chi connectivity index (χ0) is 17.2. The van der Waals surface area contributed by atoms with E-state index in [1.54, 1.807) is 0 Å². The minimum Gasteiger partial charge on any atom is -0.382 e. The van der Waals surface area contributed by atoms with Crippen molar-refractivity contribution < 1.29 is 4.74 Å². The second-order valence-electron chi connectivity index (χ2n) is 8.46. The van der Waals surface area contributed by atoms with Crippen molar-refractivity contribution in [2.24, 2.45) is 5.41 Å². The largest absolute Gasteiger partial charge is 0.382 e. The summed E-state index contributed by atoms with van der Waals surface area (Å²) >= 11 is 0. The van der Waals surface area contributed by atoms with Crippen molar-refractivity contribution in [3.05, 3.63) is 0 Å². The number of ether oxygens (including phenoxy) is 1. The van der Waals surface area contributed by atoms with Gasteiger partial charge in [-0.3, -0.25) is 0 Å². The first-order valence-corrected chi connectivity index (χ1v) is 10.6. The molecular formula is C22H46O. The zero-order valence-electron chi connectivity index (χ0n) is 16.9. The second-order valence-corrected chi connectivity index (χ2v) is 8.46. The molecule has 0 unspecified atom stereocenters. The summed E-state index contributed by atoms with van der Waals surface area (Å²) in [5.41, 5.74) is 0.531. The van der Waals surface area contributed by atoms with Crippen LogP contribution in [0, 0.1) is 5.41 Å². The molecule has 1 nitrogen and oxygen atoms in total. The van der Waals surface area contributed by atoms with Crippen LogP contribution in [0.1, 0.15) is 124 Å². The predicted octanol–water partition coefficient (Wildman–Crippen LogP) is 7.92. The maximum atomic E-state index is 5.36. The van der Waals surface area contributed by atoms with Crippen molar-refractivity contribution in [1.82, 2.24) is 0 Å². The van der Waals surface area contributed by atoms with E-state index in [-0.39, 0.29) is 0 Å². The first-order valence-electron chi connectivity index (χ1n) is 10.6. The Balaban J connectivity index is 3.00. The monoisotopic (exact) mass is 326 g/mol. The lowest BCUT2D eigenvalue weighted by molar-refractivity contribution is 0.143. The van der Waals surface area contributed by atoms with Gasteiger partial charge in [0, 0.05) is 13.2 Å². The van der Waals surface area contributed by atoms with Crippen molar-refractivity contribution in [3.8, 4) is 0 Å². The van der Waals surface area contributed by atoms with E-state index in [2.05, 4.69) is 27.7 Å². The minimum absolute atomic E-state index is 0.531. The Bertz CT molecular complexity index is 217. The first kappa shape index (κ1) is 23.0. The van der Waals surface area contributed by atoms with E-state index in [0.717, 1.165) is 13.2 Å². The number of hydrogen-bond donors (Lipinski definition) is 0. The van der Waals surface area contributed by atoms with Gasteiger partial charge in [-0.05, 0) is 25.2 Å². The third-order valence-corrected chi connectivity index (χ3v) is 4.67. The summed E-state index contributed by atoms with van der Waals surface area (Å²) in [5, 5.41) is 0. The van der Waals surface area contributed by atoms with Crippen LogP contribution in [0.3, 0.4) is 0 Å². The fourth-order valence-corrected chi connectivity index (χ4v) is 3.13. The van der Waals surface area contributed by atoms with Crippen LogP contribution in [0.15, 0.2) is 0 Å². The molecule has 0 aliphatic carbocycles. The lowest BCUT2D eigenvalue weighted by atomic mass is 9.89. The maximum absolute atomic E-state index is 5.36. The van der Waals surface area contributed by atoms with Crippen LogP contribution >= 0.6 is 0 Å². The molecule has 0 aromatic rings. The summed E-state index contributed by atoms with van der Waals surface area (Å²) in [7, 11) is 0. The van der Waals surface area contributed by atoms with E-state index in [0.29, 0.717) is 5.41 Å². The van der Waals surface area contributed by atoms with Gasteiger partial charge in [-0.2, -0.15) is 0 Å². The molecular weight excluding hydrogens is 280 g/mol. The van der Waals surface area contributed by atoms with Crippen molar-refractivity contribution in [3.63, 3.8) is 0 Å². The van der Waals surface area contributed by atoms with Crippen molar-refractivity contribution in [1.29, 1.82) is 0 Å². The summed E-state index contributed by atoms with van der Waals surface area (Å²) in [6.45, 7) is 11.0. The Hall–Kier alpha value is -0.0400. The SMILES string of the molecule is CCOCCCCCCCCCCCCCCCCC(C)(C)C. The molecule has 0 N–H and O–H groups in total. The lowest BCUT2D eigenvalue weighted by Gasteiger charge is -2.17. The summed E-state index contributed by atoms with van der Waals surface area (Å²) in [6, 6.07) is 0. The van der Waals surface area contributed by atoms with Crippen LogP contribution in [-0.4, -0.2) is 13.2 Å². The Morgan fingerprint density at radius 2 is 0.870 bits per heavy atom. The van der Waals surface area contributed by atoms with Gasteiger partial charge in [-0.25, -0.2) is 0 Å².